The third kappa shape index (κ3) is 2.20. The van der Waals surface area contributed by atoms with E-state index in [-0.39, 0.29) is 0 Å². The number of aromatic nitrogens is 2. The Labute approximate surface area is 106 Å². The first kappa shape index (κ1) is 11.8. The van der Waals surface area contributed by atoms with Gasteiger partial charge in [0.25, 0.3) is 0 Å². The molecule has 0 atom stereocenters. The molecule has 0 fully saturated rings. The zero-order valence-electron chi connectivity index (χ0n) is 9.28. The molecule has 0 aliphatic carbocycles. The molecule has 1 aromatic carbocycles. The lowest BCUT2D eigenvalue weighted by Gasteiger charge is -2.06. The SMILES string of the molecule is CCCn1c(CCS)nc2cc(Cl)ccc21. The molecule has 0 spiro atoms. The van der Waals surface area contributed by atoms with E-state index >= 15 is 0 Å². The van der Waals surface area contributed by atoms with Crippen LogP contribution in [-0.2, 0) is 13.0 Å². The van der Waals surface area contributed by atoms with Gasteiger partial charge in [0.1, 0.15) is 5.82 Å². The maximum atomic E-state index is 5.97. The van der Waals surface area contributed by atoms with Gasteiger partial charge < -0.3 is 4.57 Å². The van der Waals surface area contributed by atoms with Crippen LogP contribution < -0.4 is 0 Å². The third-order valence-electron chi connectivity index (χ3n) is 2.57. The van der Waals surface area contributed by atoms with Gasteiger partial charge >= 0.3 is 0 Å². The minimum absolute atomic E-state index is 0.742. The Morgan fingerprint density at radius 1 is 1.44 bits per heavy atom. The van der Waals surface area contributed by atoms with Crippen molar-refractivity contribution in [3.05, 3.63) is 29.0 Å². The van der Waals surface area contributed by atoms with E-state index in [1.54, 1.807) is 0 Å². The van der Waals surface area contributed by atoms with Crippen LogP contribution in [0.3, 0.4) is 0 Å². The number of hydrogen-bond acceptors (Lipinski definition) is 2. The monoisotopic (exact) mass is 254 g/mol. The van der Waals surface area contributed by atoms with Crippen LogP contribution in [0.15, 0.2) is 18.2 Å². The van der Waals surface area contributed by atoms with Gasteiger partial charge in [0, 0.05) is 18.0 Å². The van der Waals surface area contributed by atoms with E-state index in [4.69, 9.17) is 11.6 Å². The zero-order valence-corrected chi connectivity index (χ0v) is 10.9. The molecular weight excluding hydrogens is 240 g/mol. The van der Waals surface area contributed by atoms with Crippen LogP contribution in [0.2, 0.25) is 5.02 Å². The van der Waals surface area contributed by atoms with E-state index in [0.29, 0.717) is 0 Å². The summed E-state index contributed by atoms with van der Waals surface area (Å²) in [6.07, 6.45) is 2.00. The normalized spacial score (nSPS) is 11.2. The predicted molar refractivity (Wildman–Crippen MR) is 72.6 cm³/mol. The Balaban J connectivity index is 2.56. The van der Waals surface area contributed by atoms with Crippen LogP contribution in [0.1, 0.15) is 19.2 Å². The van der Waals surface area contributed by atoms with Crippen molar-refractivity contribution in [2.24, 2.45) is 0 Å². The number of benzene rings is 1. The maximum Gasteiger partial charge on any atom is 0.110 e. The summed E-state index contributed by atoms with van der Waals surface area (Å²) in [7, 11) is 0. The van der Waals surface area contributed by atoms with Crippen LogP contribution in [0.25, 0.3) is 11.0 Å². The highest BCUT2D eigenvalue weighted by atomic mass is 35.5. The zero-order chi connectivity index (χ0) is 11.5. The summed E-state index contributed by atoms with van der Waals surface area (Å²) in [5, 5.41) is 0.742. The number of nitrogens with zero attached hydrogens (tertiary/aromatic N) is 2. The van der Waals surface area contributed by atoms with Gasteiger partial charge in [-0.25, -0.2) is 4.98 Å². The highest BCUT2D eigenvalue weighted by molar-refractivity contribution is 7.80. The smallest absolute Gasteiger partial charge is 0.110 e. The van der Waals surface area contributed by atoms with Crippen molar-refractivity contribution in [1.82, 2.24) is 9.55 Å². The lowest BCUT2D eigenvalue weighted by molar-refractivity contribution is 0.661. The van der Waals surface area contributed by atoms with Gasteiger partial charge in [0.15, 0.2) is 0 Å². The lowest BCUT2D eigenvalue weighted by Crippen LogP contribution is -2.03. The molecule has 0 saturated carbocycles. The third-order valence-corrected chi connectivity index (χ3v) is 3.03. The Kier molecular flexibility index (Phi) is 3.77. The number of rotatable bonds is 4. The number of halogens is 1. The quantitative estimate of drug-likeness (QED) is 0.826. The van der Waals surface area contributed by atoms with Gasteiger partial charge in [-0.2, -0.15) is 12.6 Å². The maximum absolute atomic E-state index is 5.97. The first-order valence-electron chi connectivity index (χ1n) is 5.51. The molecule has 2 nitrogen and oxygen atoms in total. The standard InChI is InChI=1S/C12H15ClN2S/c1-2-6-15-11-4-3-9(13)8-10(11)14-12(15)5-7-16/h3-4,8,16H,2,5-7H2,1H3. The molecule has 0 aliphatic heterocycles. The first-order chi connectivity index (χ1) is 7.76. The minimum atomic E-state index is 0.742. The molecule has 0 radical (unpaired) electrons. The number of aryl methyl sites for hydroxylation is 2. The van der Waals surface area contributed by atoms with Crippen LogP contribution in [-0.4, -0.2) is 15.3 Å². The second-order valence-corrected chi connectivity index (χ2v) is 4.67. The molecule has 86 valence electrons. The fraction of sp³-hybridized carbons (Fsp3) is 0.417. The molecule has 0 amide bonds. The summed E-state index contributed by atoms with van der Waals surface area (Å²) in [4.78, 5) is 4.61. The summed E-state index contributed by atoms with van der Waals surface area (Å²) >= 11 is 10.2. The number of fused-ring (bicyclic) bond motifs is 1. The molecule has 0 N–H and O–H groups in total. The van der Waals surface area contributed by atoms with E-state index in [0.717, 1.165) is 41.5 Å². The largest absolute Gasteiger partial charge is 0.328 e. The summed E-state index contributed by atoms with van der Waals surface area (Å²) in [6, 6.07) is 5.88. The molecule has 1 heterocycles. The van der Waals surface area contributed by atoms with Crippen molar-refractivity contribution >= 4 is 35.3 Å². The van der Waals surface area contributed by atoms with Crippen molar-refractivity contribution in [2.75, 3.05) is 5.75 Å². The van der Waals surface area contributed by atoms with E-state index in [1.165, 1.54) is 5.52 Å². The molecule has 1 aromatic heterocycles. The van der Waals surface area contributed by atoms with Crippen molar-refractivity contribution in [3.63, 3.8) is 0 Å². The van der Waals surface area contributed by atoms with Crippen LogP contribution in [0, 0.1) is 0 Å². The molecule has 16 heavy (non-hydrogen) atoms. The Morgan fingerprint density at radius 3 is 2.94 bits per heavy atom. The number of hydrogen-bond donors (Lipinski definition) is 1. The van der Waals surface area contributed by atoms with Gasteiger partial charge in [-0.1, -0.05) is 18.5 Å². The molecule has 0 saturated heterocycles. The molecule has 0 unspecified atom stereocenters. The van der Waals surface area contributed by atoms with Crippen molar-refractivity contribution in [1.29, 1.82) is 0 Å². The molecule has 4 heteroatoms. The molecular formula is C12H15ClN2S. The van der Waals surface area contributed by atoms with Gasteiger partial charge in [-0.3, -0.25) is 0 Å². The van der Waals surface area contributed by atoms with Gasteiger partial charge in [-0.15, -0.1) is 0 Å². The van der Waals surface area contributed by atoms with Gasteiger partial charge in [0.05, 0.1) is 11.0 Å². The van der Waals surface area contributed by atoms with Gasteiger partial charge in [0.2, 0.25) is 0 Å². The molecule has 2 aromatic rings. The van der Waals surface area contributed by atoms with E-state index in [1.807, 2.05) is 18.2 Å². The van der Waals surface area contributed by atoms with Crippen LogP contribution >= 0.6 is 24.2 Å². The highest BCUT2D eigenvalue weighted by Gasteiger charge is 2.09. The lowest BCUT2D eigenvalue weighted by atomic mass is 10.3. The van der Waals surface area contributed by atoms with Crippen molar-refractivity contribution in [3.8, 4) is 0 Å². The number of imidazole rings is 1. The van der Waals surface area contributed by atoms with Crippen molar-refractivity contribution < 1.29 is 0 Å². The molecule has 0 bridgehead atoms. The molecule has 0 aliphatic rings. The van der Waals surface area contributed by atoms with Crippen LogP contribution in [0.4, 0.5) is 0 Å². The van der Waals surface area contributed by atoms with E-state index in [9.17, 15) is 0 Å². The predicted octanol–water partition coefficient (Wildman–Crippen LogP) is 3.57. The summed E-state index contributed by atoms with van der Waals surface area (Å²) < 4.78 is 2.27. The average Bonchev–Trinajstić information content (AvgIpc) is 2.57. The van der Waals surface area contributed by atoms with Crippen molar-refractivity contribution in [2.45, 2.75) is 26.3 Å². The summed E-state index contributed by atoms with van der Waals surface area (Å²) in [5.74, 6) is 1.93. The summed E-state index contributed by atoms with van der Waals surface area (Å²) in [5.41, 5.74) is 2.15. The highest BCUT2D eigenvalue weighted by Crippen LogP contribution is 2.21. The Bertz CT molecular complexity index is 493. The molecule has 2 rings (SSSR count). The minimum Gasteiger partial charge on any atom is -0.328 e. The second kappa shape index (κ2) is 5.11. The topological polar surface area (TPSA) is 17.8 Å². The second-order valence-electron chi connectivity index (χ2n) is 3.79. The first-order valence-corrected chi connectivity index (χ1v) is 6.52. The Hall–Kier alpha value is -0.670. The van der Waals surface area contributed by atoms with Gasteiger partial charge in [-0.05, 0) is 30.4 Å². The van der Waals surface area contributed by atoms with E-state index < -0.39 is 0 Å². The fourth-order valence-corrected chi connectivity index (χ4v) is 2.28. The number of thiol groups is 1. The Morgan fingerprint density at radius 2 is 2.25 bits per heavy atom. The average molecular weight is 255 g/mol. The van der Waals surface area contributed by atoms with E-state index in [2.05, 4.69) is 29.1 Å². The fourth-order valence-electron chi connectivity index (χ4n) is 1.92. The van der Waals surface area contributed by atoms with Crippen LogP contribution in [0.5, 0.6) is 0 Å². The summed E-state index contributed by atoms with van der Waals surface area (Å²) in [6.45, 7) is 3.17.